The van der Waals surface area contributed by atoms with Crippen LogP contribution in [0, 0.1) is 5.92 Å². The minimum absolute atomic E-state index is 0.0653. The Balaban J connectivity index is 1.90. The maximum absolute atomic E-state index is 13.1. The van der Waals surface area contributed by atoms with Crippen LogP contribution in [0.25, 0.3) is 6.08 Å². The van der Waals surface area contributed by atoms with E-state index >= 15 is 0 Å². The fourth-order valence-corrected chi connectivity index (χ4v) is 4.15. The predicted octanol–water partition coefficient (Wildman–Crippen LogP) is 6.82. The monoisotopic (exact) mass is 460 g/mol. The lowest BCUT2D eigenvalue weighted by molar-refractivity contribution is -0.122. The van der Waals surface area contributed by atoms with Crippen LogP contribution in [-0.4, -0.2) is 29.1 Å². The van der Waals surface area contributed by atoms with Crippen LogP contribution in [0.4, 0.5) is 5.69 Å². The minimum Gasteiger partial charge on any atom is -0.488 e. The van der Waals surface area contributed by atoms with Gasteiger partial charge in [0.15, 0.2) is 5.17 Å². The van der Waals surface area contributed by atoms with Gasteiger partial charge in [-0.25, -0.2) is 4.99 Å². The SMILES string of the molecule is C=CCOc1ccc(/C=C2\SC(=Nc3ccc(Cl)cc3)N(CC(C)C)C2=O)cc1Cl. The molecule has 0 aliphatic carbocycles. The number of thioether (sulfide) groups is 1. The first-order chi connectivity index (χ1) is 14.4. The van der Waals surface area contributed by atoms with E-state index in [1.807, 2.05) is 24.3 Å². The van der Waals surface area contributed by atoms with Crippen molar-refractivity contribution in [3.63, 3.8) is 0 Å². The summed E-state index contributed by atoms with van der Waals surface area (Å²) >= 11 is 13.6. The second-order valence-electron chi connectivity index (χ2n) is 7.08. The summed E-state index contributed by atoms with van der Waals surface area (Å²) in [6.07, 6.45) is 3.48. The number of nitrogens with zero attached hydrogens (tertiary/aromatic N) is 2. The van der Waals surface area contributed by atoms with Crippen LogP contribution in [0.15, 0.2) is 65.0 Å². The molecule has 30 heavy (non-hydrogen) atoms. The summed E-state index contributed by atoms with van der Waals surface area (Å²) < 4.78 is 5.51. The third kappa shape index (κ3) is 5.69. The first kappa shape index (κ1) is 22.5. The van der Waals surface area contributed by atoms with E-state index in [1.54, 1.807) is 35.2 Å². The highest BCUT2D eigenvalue weighted by atomic mass is 35.5. The van der Waals surface area contributed by atoms with E-state index in [4.69, 9.17) is 27.9 Å². The van der Waals surface area contributed by atoms with Gasteiger partial charge >= 0.3 is 0 Å². The third-order valence-corrected chi connectivity index (χ3v) is 5.65. The lowest BCUT2D eigenvalue weighted by Crippen LogP contribution is -2.32. The molecule has 7 heteroatoms. The molecule has 0 bridgehead atoms. The standard InChI is InChI=1S/C23H22Cl2N2O2S/c1-4-11-29-20-10-5-16(12-19(20)25)13-21-22(28)27(14-15(2)3)23(30-21)26-18-8-6-17(24)7-9-18/h4-10,12-13,15H,1,11,14H2,2-3H3/b21-13-,26-23?. The summed E-state index contributed by atoms with van der Waals surface area (Å²) in [5.41, 5.74) is 1.57. The van der Waals surface area contributed by atoms with Gasteiger partial charge in [0.25, 0.3) is 5.91 Å². The zero-order chi connectivity index (χ0) is 21.7. The van der Waals surface area contributed by atoms with Crippen LogP contribution >= 0.6 is 35.0 Å². The predicted molar refractivity (Wildman–Crippen MR) is 128 cm³/mol. The van der Waals surface area contributed by atoms with E-state index in [-0.39, 0.29) is 5.91 Å². The smallest absolute Gasteiger partial charge is 0.266 e. The topological polar surface area (TPSA) is 41.9 Å². The van der Waals surface area contributed by atoms with Gasteiger partial charge in [0.2, 0.25) is 0 Å². The Hall–Kier alpha value is -2.21. The molecule has 1 aliphatic rings. The van der Waals surface area contributed by atoms with Crippen molar-refractivity contribution in [1.29, 1.82) is 0 Å². The van der Waals surface area contributed by atoms with Crippen LogP contribution in [0.5, 0.6) is 5.75 Å². The number of halogens is 2. The second kappa shape index (κ2) is 10.2. The number of benzene rings is 2. The summed E-state index contributed by atoms with van der Waals surface area (Å²) in [5.74, 6) is 0.820. The lowest BCUT2D eigenvalue weighted by atomic mass is 10.2. The van der Waals surface area contributed by atoms with Gasteiger partial charge in [0.1, 0.15) is 12.4 Å². The van der Waals surface area contributed by atoms with Gasteiger partial charge < -0.3 is 4.74 Å². The number of ether oxygens (including phenoxy) is 1. The summed E-state index contributed by atoms with van der Waals surface area (Å²) in [4.78, 5) is 20.0. The van der Waals surface area contributed by atoms with E-state index in [2.05, 4.69) is 25.4 Å². The summed E-state index contributed by atoms with van der Waals surface area (Å²) in [6.45, 7) is 8.74. The van der Waals surface area contributed by atoms with Gasteiger partial charge in [-0.05, 0) is 65.7 Å². The fourth-order valence-electron chi connectivity index (χ4n) is 2.77. The lowest BCUT2D eigenvalue weighted by Gasteiger charge is -2.17. The molecule has 0 unspecified atom stereocenters. The summed E-state index contributed by atoms with van der Waals surface area (Å²) in [6, 6.07) is 12.7. The molecule has 0 N–H and O–H groups in total. The molecule has 156 valence electrons. The van der Waals surface area contributed by atoms with E-state index in [1.165, 1.54) is 11.8 Å². The van der Waals surface area contributed by atoms with Gasteiger partial charge in [-0.1, -0.05) is 55.8 Å². The van der Waals surface area contributed by atoms with Gasteiger partial charge in [-0.3, -0.25) is 9.69 Å². The van der Waals surface area contributed by atoms with E-state index in [9.17, 15) is 4.79 Å². The number of amidine groups is 1. The second-order valence-corrected chi connectivity index (χ2v) is 8.93. The maximum Gasteiger partial charge on any atom is 0.266 e. The molecule has 1 heterocycles. The molecule has 0 saturated carbocycles. The molecule has 0 radical (unpaired) electrons. The largest absolute Gasteiger partial charge is 0.488 e. The zero-order valence-electron chi connectivity index (χ0n) is 16.8. The maximum atomic E-state index is 13.1. The summed E-state index contributed by atoms with van der Waals surface area (Å²) in [7, 11) is 0. The van der Waals surface area contributed by atoms with E-state index in [0.29, 0.717) is 44.9 Å². The number of aliphatic imine (C=N–C) groups is 1. The molecule has 0 spiro atoms. The number of hydrogen-bond acceptors (Lipinski definition) is 4. The summed E-state index contributed by atoms with van der Waals surface area (Å²) in [5, 5.41) is 1.78. The molecular weight excluding hydrogens is 439 g/mol. The quantitative estimate of drug-likeness (QED) is 0.336. The van der Waals surface area contributed by atoms with Crippen molar-refractivity contribution in [2.24, 2.45) is 10.9 Å². The van der Waals surface area contributed by atoms with Crippen molar-refractivity contribution < 1.29 is 9.53 Å². The number of rotatable bonds is 7. The molecule has 1 amide bonds. The van der Waals surface area contributed by atoms with Gasteiger partial charge in [-0.2, -0.15) is 0 Å². The highest BCUT2D eigenvalue weighted by Gasteiger charge is 2.33. The van der Waals surface area contributed by atoms with Crippen LogP contribution in [0.1, 0.15) is 19.4 Å². The highest BCUT2D eigenvalue weighted by molar-refractivity contribution is 8.18. The van der Waals surface area contributed by atoms with E-state index in [0.717, 1.165) is 11.3 Å². The molecule has 1 fully saturated rings. The van der Waals surface area contributed by atoms with Crippen molar-refractivity contribution in [2.45, 2.75) is 13.8 Å². The Bertz CT molecular complexity index is 1000. The Morgan fingerprint density at radius 2 is 1.93 bits per heavy atom. The van der Waals surface area contributed by atoms with Gasteiger partial charge in [0.05, 0.1) is 15.6 Å². The molecule has 1 saturated heterocycles. The molecule has 0 atom stereocenters. The third-order valence-electron chi connectivity index (χ3n) is 4.10. The number of carbonyl (C=O) groups excluding carboxylic acids is 1. The molecule has 2 aromatic carbocycles. The Morgan fingerprint density at radius 3 is 2.57 bits per heavy atom. The van der Waals surface area contributed by atoms with Crippen molar-refractivity contribution in [1.82, 2.24) is 4.90 Å². The normalized spacial score (nSPS) is 16.7. The van der Waals surface area contributed by atoms with E-state index < -0.39 is 0 Å². The average Bonchev–Trinajstić information content (AvgIpc) is 2.97. The minimum atomic E-state index is -0.0653. The Kier molecular flexibility index (Phi) is 7.64. The Labute approximate surface area is 191 Å². The number of carbonyl (C=O) groups is 1. The average molecular weight is 461 g/mol. The van der Waals surface area contributed by atoms with Crippen LogP contribution in [0.2, 0.25) is 10.0 Å². The van der Waals surface area contributed by atoms with Crippen molar-refractivity contribution in [3.8, 4) is 5.75 Å². The Morgan fingerprint density at radius 1 is 1.20 bits per heavy atom. The van der Waals surface area contributed by atoms with Crippen LogP contribution in [-0.2, 0) is 4.79 Å². The fraction of sp³-hybridized carbons (Fsp3) is 0.217. The molecule has 0 aromatic heterocycles. The van der Waals surface area contributed by atoms with Crippen molar-refractivity contribution in [3.05, 3.63) is 75.6 Å². The molecule has 4 nitrogen and oxygen atoms in total. The van der Waals surface area contributed by atoms with Crippen molar-refractivity contribution in [2.75, 3.05) is 13.2 Å². The molecule has 1 aliphatic heterocycles. The van der Waals surface area contributed by atoms with Crippen LogP contribution in [0.3, 0.4) is 0 Å². The zero-order valence-corrected chi connectivity index (χ0v) is 19.1. The number of amides is 1. The first-order valence-electron chi connectivity index (χ1n) is 9.46. The first-order valence-corrected chi connectivity index (χ1v) is 11.0. The van der Waals surface area contributed by atoms with Crippen molar-refractivity contribution >= 4 is 57.8 Å². The highest BCUT2D eigenvalue weighted by Crippen LogP contribution is 2.36. The molecule has 3 rings (SSSR count). The molecule has 2 aromatic rings. The number of hydrogen-bond donors (Lipinski definition) is 0. The van der Waals surface area contributed by atoms with Gasteiger partial charge in [0, 0.05) is 11.6 Å². The molecular formula is C23H22Cl2N2O2S. The van der Waals surface area contributed by atoms with Gasteiger partial charge in [-0.15, -0.1) is 0 Å². The van der Waals surface area contributed by atoms with Crippen LogP contribution < -0.4 is 4.74 Å².